The van der Waals surface area contributed by atoms with Crippen LogP contribution in [-0.2, 0) is 20.9 Å². The number of hydrogen-bond donors (Lipinski definition) is 0. The van der Waals surface area contributed by atoms with Crippen LogP contribution in [0, 0.1) is 11.3 Å². The number of ether oxygens (including phenoxy) is 1. The van der Waals surface area contributed by atoms with Crippen LogP contribution in [0.3, 0.4) is 0 Å². The number of hydrazone groups is 1. The Morgan fingerprint density at radius 2 is 1.85 bits per heavy atom. The van der Waals surface area contributed by atoms with Gasteiger partial charge in [-0.05, 0) is 36.8 Å². The van der Waals surface area contributed by atoms with Crippen molar-refractivity contribution in [3.8, 4) is 6.07 Å². The first-order valence-corrected chi connectivity index (χ1v) is 10.1. The maximum absolute atomic E-state index is 13.4. The predicted octanol–water partition coefficient (Wildman–Crippen LogP) is 3.65. The van der Waals surface area contributed by atoms with Gasteiger partial charge in [-0.1, -0.05) is 30.3 Å². The molecule has 0 fully saturated rings. The van der Waals surface area contributed by atoms with E-state index in [4.69, 9.17) is 10.00 Å². The van der Waals surface area contributed by atoms with Crippen LogP contribution in [0.15, 0.2) is 59.7 Å². The number of carbonyl (C=O) groups is 2. The molecule has 0 saturated heterocycles. The fourth-order valence-electron chi connectivity index (χ4n) is 3.40. The number of alkyl halides is 3. The molecule has 172 valence electrons. The Morgan fingerprint density at radius 3 is 2.42 bits per heavy atom. The molecule has 10 heteroatoms. The predicted molar refractivity (Wildman–Crippen MR) is 114 cm³/mol. The van der Waals surface area contributed by atoms with Crippen LogP contribution in [0.1, 0.15) is 24.5 Å². The second kappa shape index (κ2) is 10.2. The van der Waals surface area contributed by atoms with Crippen molar-refractivity contribution in [1.82, 2.24) is 4.90 Å². The van der Waals surface area contributed by atoms with Crippen LogP contribution in [0.2, 0.25) is 0 Å². The number of halogens is 3. The third kappa shape index (κ3) is 6.10. The molecule has 0 saturated carbocycles. The van der Waals surface area contributed by atoms with E-state index >= 15 is 0 Å². The SMILES string of the molecule is CCOC(=O)C1=NN(c2ccccc2)C(C(=O)N(Cc2ccc(C#N)cc2)CC(F)(F)F)C1. The molecule has 2 aromatic rings. The van der Waals surface area contributed by atoms with E-state index < -0.39 is 30.6 Å². The lowest BCUT2D eigenvalue weighted by molar-refractivity contribution is -0.163. The minimum Gasteiger partial charge on any atom is -0.461 e. The zero-order valence-electron chi connectivity index (χ0n) is 17.7. The van der Waals surface area contributed by atoms with Crippen LogP contribution in [-0.4, -0.2) is 47.9 Å². The first kappa shape index (κ1) is 23.8. The van der Waals surface area contributed by atoms with Crippen LogP contribution < -0.4 is 5.01 Å². The van der Waals surface area contributed by atoms with Crippen LogP contribution >= 0.6 is 0 Å². The van der Waals surface area contributed by atoms with Crippen LogP contribution in [0.4, 0.5) is 18.9 Å². The highest BCUT2D eigenvalue weighted by molar-refractivity contribution is 6.38. The molecule has 0 N–H and O–H groups in total. The number of anilines is 1. The van der Waals surface area contributed by atoms with E-state index in [1.807, 2.05) is 6.07 Å². The van der Waals surface area contributed by atoms with Gasteiger partial charge in [0, 0.05) is 13.0 Å². The summed E-state index contributed by atoms with van der Waals surface area (Å²) in [4.78, 5) is 26.3. The molecular weight excluding hydrogens is 437 g/mol. The fraction of sp³-hybridized carbons (Fsp3) is 0.304. The molecule has 2 aromatic carbocycles. The summed E-state index contributed by atoms with van der Waals surface area (Å²) >= 11 is 0. The quantitative estimate of drug-likeness (QED) is 0.592. The molecule has 1 aliphatic heterocycles. The molecule has 1 aliphatic rings. The Morgan fingerprint density at radius 1 is 1.18 bits per heavy atom. The maximum Gasteiger partial charge on any atom is 0.406 e. The molecule has 1 amide bonds. The van der Waals surface area contributed by atoms with E-state index in [9.17, 15) is 22.8 Å². The first-order chi connectivity index (χ1) is 15.7. The van der Waals surface area contributed by atoms with Crippen molar-refractivity contribution in [2.75, 3.05) is 18.2 Å². The van der Waals surface area contributed by atoms with Crippen molar-refractivity contribution >= 4 is 23.3 Å². The molecule has 7 nitrogen and oxygen atoms in total. The highest BCUT2D eigenvalue weighted by atomic mass is 19.4. The monoisotopic (exact) mass is 458 g/mol. The number of benzene rings is 2. The normalized spacial score (nSPS) is 15.5. The Balaban J connectivity index is 1.91. The van der Waals surface area contributed by atoms with Gasteiger partial charge in [0.1, 0.15) is 18.3 Å². The lowest BCUT2D eigenvalue weighted by atomic mass is 10.1. The summed E-state index contributed by atoms with van der Waals surface area (Å²) in [6.45, 7) is -0.0774. The summed E-state index contributed by atoms with van der Waals surface area (Å²) in [6.07, 6.45) is -4.82. The zero-order valence-corrected chi connectivity index (χ0v) is 17.7. The highest BCUT2D eigenvalue weighted by Gasteiger charge is 2.42. The second-order valence-corrected chi connectivity index (χ2v) is 7.29. The largest absolute Gasteiger partial charge is 0.461 e. The van der Waals surface area contributed by atoms with Gasteiger partial charge < -0.3 is 9.64 Å². The number of nitrogens with zero attached hydrogens (tertiary/aromatic N) is 4. The van der Waals surface area contributed by atoms with Crippen molar-refractivity contribution in [2.24, 2.45) is 5.10 Å². The molecule has 1 atom stereocenters. The van der Waals surface area contributed by atoms with Crippen molar-refractivity contribution in [1.29, 1.82) is 5.26 Å². The molecular formula is C23H21F3N4O3. The summed E-state index contributed by atoms with van der Waals surface area (Å²) in [5, 5.41) is 14.4. The van der Waals surface area contributed by atoms with E-state index in [1.54, 1.807) is 37.3 Å². The number of esters is 1. The molecule has 1 unspecified atom stereocenters. The van der Waals surface area contributed by atoms with Crippen LogP contribution in [0.5, 0.6) is 0 Å². The smallest absolute Gasteiger partial charge is 0.406 e. The lowest BCUT2D eigenvalue weighted by Gasteiger charge is -2.30. The van der Waals surface area contributed by atoms with Gasteiger partial charge in [-0.25, -0.2) is 4.79 Å². The third-order valence-electron chi connectivity index (χ3n) is 4.87. The number of para-hydroxylation sites is 1. The number of carbonyl (C=O) groups excluding carboxylic acids is 2. The minimum absolute atomic E-state index is 0.0376. The summed E-state index contributed by atoms with van der Waals surface area (Å²) in [7, 11) is 0. The average Bonchev–Trinajstić information content (AvgIpc) is 3.24. The van der Waals surface area contributed by atoms with Gasteiger partial charge in [-0.2, -0.15) is 23.5 Å². The van der Waals surface area contributed by atoms with Gasteiger partial charge in [-0.3, -0.25) is 9.80 Å². The van der Waals surface area contributed by atoms with E-state index in [0.717, 1.165) is 0 Å². The molecule has 1 heterocycles. The topological polar surface area (TPSA) is 86.0 Å². The summed E-state index contributed by atoms with van der Waals surface area (Å²) in [6, 6.07) is 15.2. The Bertz CT molecular complexity index is 1060. The summed E-state index contributed by atoms with van der Waals surface area (Å²) in [5.74, 6) is -1.55. The van der Waals surface area contributed by atoms with Crippen molar-refractivity contribution in [3.05, 3.63) is 65.7 Å². The van der Waals surface area contributed by atoms with E-state index in [-0.39, 0.29) is 25.3 Å². The lowest BCUT2D eigenvalue weighted by Crippen LogP contribution is -2.48. The standard InChI is InChI=1S/C23H21F3N4O3/c1-2-33-22(32)19-12-20(30(28-19)18-6-4-3-5-7-18)21(31)29(15-23(24,25)26)14-17-10-8-16(13-27)9-11-17/h3-11,20H,2,12,14-15H2,1H3. The van der Waals surface area contributed by atoms with Crippen LogP contribution in [0.25, 0.3) is 0 Å². The average molecular weight is 458 g/mol. The summed E-state index contributed by atoms with van der Waals surface area (Å²) < 4.78 is 45.0. The molecule has 3 rings (SSSR count). The minimum atomic E-state index is -4.64. The number of amides is 1. The Labute approximate surface area is 188 Å². The van der Waals surface area contributed by atoms with Gasteiger partial charge in [0.15, 0.2) is 0 Å². The maximum atomic E-state index is 13.4. The molecule has 0 spiro atoms. The number of hydrogen-bond acceptors (Lipinski definition) is 6. The molecule has 0 radical (unpaired) electrons. The van der Waals surface area contributed by atoms with Gasteiger partial charge in [0.2, 0.25) is 5.91 Å². The van der Waals surface area contributed by atoms with Crippen molar-refractivity contribution < 1.29 is 27.5 Å². The van der Waals surface area contributed by atoms with E-state index in [2.05, 4.69) is 5.10 Å². The van der Waals surface area contributed by atoms with E-state index in [0.29, 0.717) is 21.7 Å². The van der Waals surface area contributed by atoms with E-state index in [1.165, 1.54) is 29.3 Å². The number of rotatable bonds is 7. The molecule has 0 aromatic heterocycles. The van der Waals surface area contributed by atoms with Gasteiger partial charge in [0.05, 0.1) is 23.9 Å². The first-order valence-electron chi connectivity index (χ1n) is 10.1. The molecule has 33 heavy (non-hydrogen) atoms. The Hall–Kier alpha value is -3.87. The van der Waals surface area contributed by atoms with Gasteiger partial charge in [0.25, 0.3) is 0 Å². The second-order valence-electron chi connectivity index (χ2n) is 7.29. The number of nitriles is 1. The van der Waals surface area contributed by atoms with Crippen molar-refractivity contribution in [2.45, 2.75) is 32.1 Å². The highest BCUT2D eigenvalue weighted by Crippen LogP contribution is 2.28. The third-order valence-corrected chi connectivity index (χ3v) is 4.87. The van der Waals surface area contributed by atoms with Gasteiger partial charge in [-0.15, -0.1) is 0 Å². The fourth-order valence-corrected chi connectivity index (χ4v) is 3.40. The molecule has 0 aliphatic carbocycles. The summed E-state index contributed by atoms with van der Waals surface area (Å²) in [5.41, 5.74) is 1.21. The van der Waals surface area contributed by atoms with Gasteiger partial charge >= 0.3 is 12.1 Å². The zero-order chi connectivity index (χ0) is 24.0. The Kier molecular flexibility index (Phi) is 7.33. The molecule has 0 bridgehead atoms. The van der Waals surface area contributed by atoms with Crippen molar-refractivity contribution in [3.63, 3.8) is 0 Å².